The minimum absolute atomic E-state index is 0.0362. The highest BCUT2D eigenvalue weighted by atomic mass is 32.2. The molecule has 0 aromatic heterocycles. The fraction of sp³-hybridized carbons (Fsp3) is 0.750. The van der Waals surface area contributed by atoms with Crippen LogP contribution in [0.4, 0.5) is 0 Å². The minimum atomic E-state index is -3.48. The van der Waals surface area contributed by atoms with Crippen LogP contribution in [0.2, 0.25) is 0 Å². The van der Waals surface area contributed by atoms with Crippen LogP contribution in [0.1, 0.15) is 56.7 Å². The van der Waals surface area contributed by atoms with Gasteiger partial charge in [0.05, 0.1) is 25.2 Å². The van der Waals surface area contributed by atoms with Crippen LogP contribution < -0.4 is 14.2 Å². The maximum absolute atomic E-state index is 13.3. The molecule has 3 atom stereocenters. The molecule has 2 saturated heterocycles. The summed E-state index contributed by atoms with van der Waals surface area (Å²) in [6, 6.07) is 4.33. The smallest absolute Gasteiger partial charge is 0.214 e. The highest BCUT2D eigenvalue weighted by Gasteiger charge is 2.46. The molecular weight excluding hydrogens is 490 g/mol. The summed E-state index contributed by atoms with van der Waals surface area (Å²) in [5.41, 5.74) is 2.48. The molecular formula is C24H39N3O6S2. The van der Waals surface area contributed by atoms with Crippen molar-refractivity contribution >= 4 is 20.0 Å². The summed E-state index contributed by atoms with van der Waals surface area (Å²) in [5, 5.41) is 0. The molecule has 4 rings (SSSR count). The summed E-state index contributed by atoms with van der Waals surface area (Å²) < 4.78 is 65.1. The van der Waals surface area contributed by atoms with E-state index in [0.29, 0.717) is 25.7 Å². The summed E-state index contributed by atoms with van der Waals surface area (Å²) >= 11 is 0. The van der Waals surface area contributed by atoms with Crippen molar-refractivity contribution in [1.82, 2.24) is 13.9 Å². The van der Waals surface area contributed by atoms with Gasteiger partial charge in [-0.15, -0.1) is 0 Å². The Morgan fingerprint density at radius 1 is 1.06 bits per heavy atom. The number of hydrogen-bond acceptors (Lipinski definition) is 7. The summed E-state index contributed by atoms with van der Waals surface area (Å²) in [5.74, 6) is 1.80. The Hall–Kier alpha value is -1.40. The first-order valence-corrected chi connectivity index (χ1v) is 16.2. The molecule has 9 nitrogen and oxygen atoms in total. The zero-order valence-electron chi connectivity index (χ0n) is 21.0. The van der Waals surface area contributed by atoms with E-state index in [4.69, 9.17) is 9.47 Å². The van der Waals surface area contributed by atoms with Crippen molar-refractivity contribution in [2.24, 2.45) is 5.92 Å². The molecule has 3 aliphatic heterocycles. The quantitative estimate of drug-likeness (QED) is 0.463. The standard InChI is InChI=1S/C24H39N3O6S2/c1-4-32-23-14-18-9-12-26-17-19-8-6-11-27(35(30,31)13-7-10-25-34(3,28)29)21(19)16-22(26)20(18)15-24(23)33-5-2/h14-15,19,21-22,25H,4-13,16-17H2,1-3H3/t19-,21+,22+/m1/s1. The summed E-state index contributed by atoms with van der Waals surface area (Å²) in [7, 11) is -6.81. The number of sulfonamides is 2. The Labute approximate surface area is 210 Å². The number of fused-ring (bicyclic) bond motifs is 4. The molecule has 3 aliphatic rings. The van der Waals surface area contributed by atoms with Gasteiger partial charge in [0.2, 0.25) is 20.0 Å². The first-order chi connectivity index (χ1) is 16.6. The number of rotatable bonds is 10. The van der Waals surface area contributed by atoms with Gasteiger partial charge in [0.1, 0.15) is 0 Å². The fourth-order valence-corrected chi connectivity index (χ4v) is 8.26. The van der Waals surface area contributed by atoms with Crippen LogP contribution >= 0.6 is 0 Å². The second-order valence-electron chi connectivity index (χ2n) is 9.78. The van der Waals surface area contributed by atoms with Gasteiger partial charge in [-0.1, -0.05) is 0 Å². The molecule has 3 heterocycles. The molecule has 1 aromatic rings. The van der Waals surface area contributed by atoms with E-state index in [9.17, 15) is 16.8 Å². The predicted octanol–water partition coefficient (Wildman–Crippen LogP) is 2.14. The number of ether oxygens (including phenoxy) is 2. The Morgan fingerprint density at radius 2 is 1.77 bits per heavy atom. The summed E-state index contributed by atoms with van der Waals surface area (Å²) in [6.07, 6.45) is 4.96. The lowest BCUT2D eigenvalue weighted by Crippen LogP contribution is -2.57. The van der Waals surface area contributed by atoms with Crippen LogP contribution in [0.25, 0.3) is 0 Å². The maximum atomic E-state index is 13.3. The lowest BCUT2D eigenvalue weighted by Gasteiger charge is -2.51. The largest absolute Gasteiger partial charge is 0.490 e. The normalized spacial score (nSPS) is 25.4. The van der Waals surface area contributed by atoms with Crippen LogP contribution in [0.3, 0.4) is 0 Å². The molecule has 2 fully saturated rings. The Bertz CT molecular complexity index is 1110. The zero-order chi connectivity index (χ0) is 25.2. The molecule has 0 radical (unpaired) electrons. The predicted molar refractivity (Wildman–Crippen MR) is 136 cm³/mol. The first-order valence-electron chi connectivity index (χ1n) is 12.7. The molecule has 0 amide bonds. The molecule has 0 aliphatic carbocycles. The van der Waals surface area contributed by atoms with Gasteiger partial charge < -0.3 is 9.47 Å². The lowest BCUT2D eigenvalue weighted by molar-refractivity contribution is 0.0218. The second kappa shape index (κ2) is 10.9. The second-order valence-corrected chi connectivity index (χ2v) is 13.7. The summed E-state index contributed by atoms with van der Waals surface area (Å²) in [6.45, 7) is 7.58. The number of nitrogens with one attached hydrogen (secondary N) is 1. The Balaban J connectivity index is 1.55. The van der Waals surface area contributed by atoms with E-state index >= 15 is 0 Å². The van der Waals surface area contributed by atoms with E-state index in [-0.39, 0.29) is 30.8 Å². The minimum Gasteiger partial charge on any atom is -0.490 e. The number of benzene rings is 1. The molecule has 0 bridgehead atoms. The van der Waals surface area contributed by atoms with Crippen molar-refractivity contribution in [3.05, 3.63) is 23.3 Å². The highest BCUT2D eigenvalue weighted by molar-refractivity contribution is 7.89. The maximum Gasteiger partial charge on any atom is 0.214 e. The number of piperidine rings is 2. The van der Waals surface area contributed by atoms with Gasteiger partial charge in [-0.2, -0.15) is 4.31 Å². The van der Waals surface area contributed by atoms with E-state index in [1.807, 2.05) is 13.8 Å². The molecule has 1 aromatic carbocycles. The first kappa shape index (κ1) is 26.7. The third-order valence-corrected chi connectivity index (χ3v) is 10.1. The highest BCUT2D eigenvalue weighted by Crippen LogP contribution is 2.46. The molecule has 0 saturated carbocycles. The van der Waals surface area contributed by atoms with Crippen LogP contribution in [0.5, 0.6) is 11.5 Å². The number of hydrogen-bond donors (Lipinski definition) is 1. The van der Waals surface area contributed by atoms with E-state index in [0.717, 1.165) is 56.5 Å². The van der Waals surface area contributed by atoms with E-state index in [1.54, 1.807) is 4.31 Å². The monoisotopic (exact) mass is 529 g/mol. The molecule has 1 N–H and O–H groups in total. The van der Waals surface area contributed by atoms with Gasteiger partial charge in [-0.3, -0.25) is 4.90 Å². The van der Waals surface area contributed by atoms with Gasteiger partial charge >= 0.3 is 0 Å². The van der Waals surface area contributed by atoms with Crippen molar-refractivity contribution < 1.29 is 26.3 Å². The van der Waals surface area contributed by atoms with E-state index in [2.05, 4.69) is 21.8 Å². The van der Waals surface area contributed by atoms with Crippen LogP contribution in [0.15, 0.2) is 12.1 Å². The van der Waals surface area contributed by atoms with Gasteiger partial charge in [0.25, 0.3) is 0 Å². The molecule has 0 spiro atoms. The van der Waals surface area contributed by atoms with Crippen molar-refractivity contribution in [3.63, 3.8) is 0 Å². The Kier molecular flexibility index (Phi) is 8.32. The van der Waals surface area contributed by atoms with Gasteiger partial charge in [-0.05, 0) is 75.1 Å². The zero-order valence-corrected chi connectivity index (χ0v) is 22.7. The topological polar surface area (TPSA) is 105 Å². The van der Waals surface area contributed by atoms with Crippen LogP contribution in [-0.4, -0.2) is 83.5 Å². The van der Waals surface area contributed by atoms with Crippen molar-refractivity contribution in [2.75, 3.05) is 51.4 Å². The van der Waals surface area contributed by atoms with Crippen LogP contribution in [0, 0.1) is 5.92 Å². The van der Waals surface area contributed by atoms with Gasteiger partial charge in [0.15, 0.2) is 11.5 Å². The third-order valence-electron chi connectivity index (χ3n) is 7.38. The molecule has 0 unspecified atom stereocenters. The van der Waals surface area contributed by atoms with Crippen molar-refractivity contribution in [1.29, 1.82) is 0 Å². The third kappa shape index (κ3) is 6.12. The average Bonchev–Trinajstić information content (AvgIpc) is 2.80. The molecule has 11 heteroatoms. The average molecular weight is 530 g/mol. The van der Waals surface area contributed by atoms with Crippen molar-refractivity contribution in [3.8, 4) is 11.5 Å². The lowest BCUT2D eigenvalue weighted by atomic mass is 9.77. The SMILES string of the molecule is CCOc1cc2c(cc1OCC)[C@@H]1C[C@H]3[C@H](CCCN3S(=O)(=O)CCCNS(C)(=O)=O)CN1CC2. The molecule has 198 valence electrons. The van der Waals surface area contributed by atoms with Gasteiger partial charge in [-0.25, -0.2) is 21.6 Å². The fourth-order valence-electron chi connectivity index (χ4n) is 5.92. The van der Waals surface area contributed by atoms with Crippen LogP contribution in [-0.2, 0) is 26.5 Å². The molecule has 35 heavy (non-hydrogen) atoms. The summed E-state index contributed by atoms with van der Waals surface area (Å²) in [4.78, 5) is 2.52. The van der Waals surface area contributed by atoms with E-state index in [1.165, 1.54) is 11.1 Å². The van der Waals surface area contributed by atoms with Crippen molar-refractivity contribution in [2.45, 2.75) is 58.0 Å². The van der Waals surface area contributed by atoms with E-state index < -0.39 is 20.0 Å². The number of nitrogens with zero attached hydrogens (tertiary/aromatic N) is 2. The Morgan fingerprint density at radius 3 is 2.46 bits per heavy atom. The van der Waals surface area contributed by atoms with Gasteiger partial charge in [0, 0.05) is 38.3 Å².